The normalized spacial score (nSPS) is 12.0. The smallest absolute Gasteiger partial charge is 0.293 e. The number of Topliss-reactive ketones (excluding diaryl/α,β-unsaturated/α-hetero) is 1. The molecule has 2 aromatic carbocycles. The zero-order valence-electron chi connectivity index (χ0n) is 14.5. The lowest BCUT2D eigenvalue weighted by Gasteiger charge is -2.06. The van der Waals surface area contributed by atoms with Crippen LogP contribution in [0.15, 0.2) is 52.4 Å². The minimum Gasteiger partial charge on any atom is -0.293 e. The predicted octanol–water partition coefficient (Wildman–Crippen LogP) is 3.53. The number of hydrogen-bond acceptors (Lipinski definition) is 4. The highest BCUT2D eigenvalue weighted by Crippen LogP contribution is 2.37. The highest BCUT2D eigenvalue weighted by molar-refractivity contribution is 7.99. The van der Waals surface area contributed by atoms with Crippen molar-refractivity contribution < 1.29 is 4.79 Å². The number of carbonyl (C=O) groups is 1. The number of rotatable bonds is 6. The lowest BCUT2D eigenvalue weighted by atomic mass is 10.0. The number of H-pyrrole nitrogens is 1. The molecule has 0 amide bonds. The van der Waals surface area contributed by atoms with Crippen LogP contribution in [0.5, 0.6) is 0 Å². The largest absolute Gasteiger partial charge is 0.343 e. The molecule has 4 rings (SSSR count). The van der Waals surface area contributed by atoms with Crippen molar-refractivity contribution in [3.8, 4) is 11.1 Å². The summed E-state index contributed by atoms with van der Waals surface area (Å²) in [6, 6.07) is 14.3. The maximum absolute atomic E-state index is 12.7. The van der Waals surface area contributed by atoms with Gasteiger partial charge in [-0.05, 0) is 41.2 Å². The second-order valence-corrected chi connectivity index (χ2v) is 7.32. The van der Waals surface area contributed by atoms with Gasteiger partial charge in [0.15, 0.2) is 10.9 Å². The van der Waals surface area contributed by atoms with E-state index in [4.69, 9.17) is 0 Å². The predicted molar refractivity (Wildman–Crippen MR) is 103 cm³/mol. The van der Waals surface area contributed by atoms with Gasteiger partial charge in [0.1, 0.15) is 0 Å². The SMILES string of the molecule is CCCn1c(SCC(=O)c2ccc3c(c2)-c2ccccc2C3)n[nH]c1=O. The standard InChI is InChI=1S/C20H19N3O2S/c1-2-9-23-19(25)21-22-20(23)26-12-18(24)15-8-7-14-10-13-5-3-4-6-16(13)17(14)11-15/h3-8,11H,2,9-10,12H2,1H3,(H,21,25). The summed E-state index contributed by atoms with van der Waals surface area (Å²) in [5.74, 6) is 0.301. The number of aromatic nitrogens is 3. The lowest BCUT2D eigenvalue weighted by molar-refractivity contribution is 0.102. The fourth-order valence-electron chi connectivity index (χ4n) is 3.34. The number of nitrogens with one attached hydrogen (secondary N) is 1. The van der Waals surface area contributed by atoms with Gasteiger partial charge in [0.05, 0.1) is 5.75 Å². The minimum absolute atomic E-state index is 0.0423. The van der Waals surface area contributed by atoms with E-state index in [1.54, 1.807) is 4.57 Å². The van der Waals surface area contributed by atoms with Gasteiger partial charge in [0, 0.05) is 12.1 Å². The van der Waals surface area contributed by atoms with Crippen molar-refractivity contribution in [2.24, 2.45) is 0 Å². The molecule has 0 unspecified atom stereocenters. The molecule has 0 spiro atoms. The van der Waals surface area contributed by atoms with Gasteiger partial charge in [0.25, 0.3) is 0 Å². The Kier molecular flexibility index (Phi) is 4.51. The van der Waals surface area contributed by atoms with Crippen LogP contribution in [-0.2, 0) is 13.0 Å². The Bertz CT molecular complexity index is 1040. The molecule has 1 N–H and O–H groups in total. The van der Waals surface area contributed by atoms with Gasteiger partial charge in [-0.1, -0.05) is 55.1 Å². The fourth-order valence-corrected chi connectivity index (χ4v) is 4.21. The van der Waals surface area contributed by atoms with Crippen LogP contribution in [0.4, 0.5) is 0 Å². The third kappa shape index (κ3) is 3.01. The Morgan fingerprint density at radius 1 is 1.19 bits per heavy atom. The molecular formula is C20H19N3O2S. The molecule has 0 saturated carbocycles. The van der Waals surface area contributed by atoms with Gasteiger partial charge in [-0.15, -0.1) is 5.10 Å². The van der Waals surface area contributed by atoms with Crippen molar-refractivity contribution in [3.05, 3.63) is 69.6 Å². The van der Waals surface area contributed by atoms with E-state index in [1.807, 2.05) is 31.2 Å². The molecule has 1 aliphatic rings. The average molecular weight is 365 g/mol. The summed E-state index contributed by atoms with van der Waals surface area (Å²) in [6.45, 7) is 2.60. The number of nitrogens with zero attached hydrogens (tertiary/aromatic N) is 2. The number of carbonyl (C=O) groups excluding carboxylic acids is 1. The summed E-state index contributed by atoms with van der Waals surface area (Å²) >= 11 is 1.30. The van der Waals surface area contributed by atoms with Gasteiger partial charge < -0.3 is 0 Å². The number of thioether (sulfide) groups is 1. The van der Waals surface area contributed by atoms with E-state index in [0.717, 1.165) is 18.4 Å². The van der Waals surface area contributed by atoms with Crippen LogP contribution in [0.25, 0.3) is 11.1 Å². The highest BCUT2D eigenvalue weighted by Gasteiger charge is 2.20. The summed E-state index contributed by atoms with van der Waals surface area (Å²) < 4.78 is 1.58. The fraction of sp³-hybridized carbons (Fsp3) is 0.250. The first kappa shape index (κ1) is 16.8. The number of hydrogen-bond donors (Lipinski definition) is 1. The summed E-state index contributed by atoms with van der Waals surface area (Å²) in [7, 11) is 0. The molecule has 0 radical (unpaired) electrons. The molecule has 1 aliphatic carbocycles. The van der Waals surface area contributed by atoms with E-state index in [2.05, 4.69) is 28.4 Å². The Hall–Kier alpha value is -2.60. The minimum atomic E-state index is -0.226. The van der Waals surface area contributed by atoms with E-state index < -0.39 is 0 Å². The summed E-state index contributed by atoms with van der Waals surface area (Å²) in [6.07, 6.45) is 1.76. The molecule has 0 bridgehead atoms. The van der Waals surface area contributed by atoms with Crippen LogP contribution in [0.3, 0.4) is 0 Å². The van der Waals surface area contributed by atoms with Gasteiger partial charge in [-0.2, -0.15) is 0 Å². The summed E-state index contributed by atoms with van der Waals surface area (Å²) in [5, 5.41) is 7.05. The van der Waals surface area contributed by atoms with Gasteiger partial charge >= 0.3 is 5.69 Å². The van der Waals surface area contributed by atoms with Crippen LogP contribution >= 0.6 is 11.8 Å². The molecule has 26 heavy (non-hydrogen) atoms. The van der Waals surface area contributed by atoms with Crippen molar-refractivity contribution in [2.45, 2.75) is 31.5 Å². The van der Waals surface area contributed by atoms with E-state index in [0.29, 0.717) is 17.3 Å². The molecule has 1 heterocycles. The third-order valence-electron chi connectivity index (χ3n) is 4.62. The molecule has 0 aliphatic heterocycles. The van der Waals surface area contributed by atoms with E-state index in [-0.39, 0.29) is 17.2 Å². The number of benzene rings is 2. The van der Waals surface area contributed by atoms with Crippen molar-refractivity contribution in [1.82, 2.24) is 14.8 Å². The average Bonchev–Trinajstić information content (AvgIpc) is 3.20. The monoisotopic (exact) mass is 365 g/mol. The second-order valence-electron chi connectivity index (χ2n) is 6.38. The maximum atomic E-state index is 12.7. The Morgan fingerprint density at radius 3 is 2.85 bits per heavy atom. The molecule has 0 atom stereocenters. The van der Waals surface area contributed by atoms with Gasteiger partial charge in [-0.25, -0.2) is 9.89 Å². The first-order valence-corrected chi connectivity index (χ1v) is 9.68. The Morgan fingerprint density at radius 2 is 2.00 bits per heavy atom. The van der Waals surface area contributed by atoms with Crippen LogP contribution in [0, 0.1) is 0 Å². The molecule has 1 aromatic heterocycles. The lowest BCUT2D eigenvalue weighted by Crippen LogP contribution is -2.17. The van der Waals surface area contributed by atoms with Crippen LogP contribution in [0.1, 0.15) is 34.8 Å². The number of aromatic amines is 1. The van der Waals surface area contributed by atoms with Crippen molar-refractivity contribution in [1.29, 1.82) is 0 Å². The van der Waals surface area contributed by atoms with Crippen LogP contribution in [-0.4, -0.2) is 26.3 Å². The molecule has 3 aromatic rings. The third-order valence-corrected chi connectivity index (χ3v) is 5.60. The second kappa shape index (κ2) is 6.96. The first-order chi connectivity index (χ1) is 12.7. The highest BCUT2D eigenvalue weighted by atomic mass is 32.2. The zero-order chi connectivity index (χ0) is 18.1. The van der Waals surface area contributed by atoms with Crippen LogP contribution < -0.4 is 5.69 Å². The Labute approximate surface area is 155 Å². The zero-order valence-corrected chi connectivity index (χ0v) is 15.3. The van der Waals surface area contributed by atoms with E-state index in [1.165, 1.54) is 28.5 Å². The van der Waals surface area contributed by atoms with Gasteiger partial charge in [0.2, 0.25) is 0 Å². The van der Waals surface area contributed by atoms with Crippen LogP contribution in [0.2, 0.25) is 0 Å². The molecule has 132 valence electrons. The maximum Gasteiger partial charge on any atom is 0.343 e. The summed E-state index contributed by atoms with van der Waals surface area (Å²) in [4.78, 5) is 24.4. The first-order valence-electron chi connectivity index (χ1n) is 8.69. The number of fused-ring (bicyclic) bond motifs is 3. The van der Waals surface area contributed by atoms with Crippen molar-refractivity contribution in [3.63, 3.8) is 0 Å². The molecular weight excluding hydrogens is 346 g/mol. The van der Waals surface area contributed by atoms with Crippen molar-refractivity contribution >= 4 is 17.5 Å². The topological polar surface area (TPSA) is 67.8 Å². The molecule has 6 heteroatoms. The molecule has 5 nitrogen and oxygen atoms in total. The van der Waals surface area contributed by atoms with E-state index >= 15 is 0 Å². The van der Waals surface area contributed by atoms with Crippen molar-refractivity contribution in [2.75, 3.05) is 5.75 Å². The molecule has 0 saturated heterocycles. The quantitative estimate of drug-likeness (QED) is 0.419. The van der Waals surface area contributed by atoms with Gasteiger partial charge in [-0.3, -0.25) is 9.36 Å². The number of ketones is 1. The van der Waals surface area contributed by atoms with E-state index in [9.17, 15) is 9.59 Å². The summed E-state index contributed by atoms with van der Waals surface area (Å²) in [5.41, 5.74) is 5.41. The molecule has 0 fully saturated rings. The Balaban J connectivity index is 1.53.